The summed E-state index contributed by atoms with van der Waals surface area (Å²) in [6.45, 7) is 1.85. The number of benzene rings is 1. The van der Waals surface area contributed by atoms with Crippen molar-refractivity contribution in [2.45, 2.75) is 19.4 Å². The molecule has 0 amide bonds. The van der Waals surface area contributed by atoms with Crippen molar-refractivity contribution in [2.75, 3.05) is 18.0 Å². The highest BCUT2D eigenvalue weighted by Crippen LogP contribution is 2.27. The molecule has 0 bridgehead atoms. The van der Waals surface area contributed by atoms with Crippen molar-refractivity contribution in [3.8, 4) is 0 Å². The Morgan fingerprint density at radius 3 is 2.67 bits per heavy atom. The van der Waals surface area contributed by atoms with Crippen LogP contribution in [0, 0.1) is 11.7 Å². The molecule has 110 valence electrons. The zero-order valence-electron chi connectivity index (χ0n) is 11.9. The van der Waals surface area contributed by atoms with Crippen LogP contribution in [0.5, 0.6) is 0 Å². The van der Waals surface area contributed by atoms with Gasteiger partial charge in [0.15, 0.2) is 5.82 Å². The van der Waals surface area contributed by atoms with E-state index in [4.69, 9.17) is 5.11 Å². The minimum Gasteiger partial charge on any atom is -0.392 e. The largest absolute Gasteiger partial charge is 0.392 e. The summed E-state index contributed by atoms with van der Waals surface area (Å²) >= 11 is 0. The average molecular weight is 286 g/mol. The summed E-state index contributed by atoms with van der Waals surface area (Å²) in [5, 5.41) is 9.05. The molecule has 0 unspecified atom stereocenters. The molecule has 0 aliphatic carbocycles. The maximum absolute atomic E-state index is 13.8. The smallest absolute Gasteiger partial charge is 0.164 e. The van der Waals surface area contributed by atoms with Crippen molar-refractivity contribution < 1.29 is 9.50 Å². The van der Waals surface area contributed by atoms with Crippen LogP contribution in [0.4, 0.5) is 10.1 Å². The molecule has 1 aromatic carbocycles. The first kappa shape index (κ1) is 14.0. The third kappa shape index (κ3) is 3.22. The van der Waals surface area contributed by atoms with Gasteiger partial charge in [-0.2, -0.15) is 0 Å². The number of anilines is 1. The quantitative estimate of drug-likeness (QED) is 0.939. The molecule has 1 atom stereocenters. The van der Waals surface area contributed by atoms with E-state index < -0.39 is 0 Å². The van der Waals surface area contributed by atoms with Crippen molar-refractivity contribution in [2.24, 2.45) is 5.92 Å². The van der Waals surface area contributed by atoms with Gasteiger partial charge in [-0.05, 0) is 36.0 Å². The minimum atomic E-state index is -0.245. The first-order valence-electron chi connectivity index (χ1n) is 7.29. The molecule has 0 saturated carbocycles. The molecular formula is C17H19FN2O. The van der Waals surface area contributed by atoms with Gasteiger partial charge in [-0.3, -0.25) is 4.98 Å². The molecule has 1 saturated heterocycles. The molecule has 4 heteroatoms. The number of aliphatic hydroxyl groups is 1. The Balaban J connectivity index is 1.63. The van der Waals surface area contributed by atoms with E-state index in [0.717, 1.165) is 31.5 Å². The van der Waals surface area contributed by atoms with E-state index in [9.17, 15) is 4.39 Å². The number of halogens is 1. The standard InChI is InChI=1S/C17H19FN2O/c18-16-10-19-7-5-17(16)20-8-6-15(11-20)9-13-1-3-14(12-21)4-2-13/h1-5,7,10,15,21H,6,8-9,11-12H2/t15-/m0/s1. The van der Waals surface area contributed by atoms with E-state index in [-0.39, 0.29) is 12.4 Å². The van der Waals surface area contributed by atoms with Crippen LogP contribution >= 0.6 is 0 Å². The van der Waals surface area contributed by atoms with Crippen molar-refractivity contribution in [3.05, 3.63) is 59.7 Å². The summed E-state index contributed by atoms with van der Waals surface area (Å²) in [5.74, 6) is 0.294. The second-order valence-corrected chi connectivity index (χ2v) is 5.61. The van der Waals surface area contributed by atoms with Gasteiger partial charge >= 0.3 is 0 Å². The number of rotatable bonds is 4. The molecule has 2 heterocycles. The van der Waals surface area contributed by atoms with E-state index >= 15 is 0 Å². The summed E-state index contributed by atoms with van der Waals surface area (Å²) in [6, 6.07) is 9.81. The Bertz CT molecular complexity index is 600. The summed E-state index contributed by atoms with van der Waals surface area (Å²) in [5.41, 5.74) is 2.86. The highest BCUT2D eigenvalue weighted by molar-refractivity contribution is 5.47. The molecule has 1 N–H and O–H groups in total. The molecule has 3 rings (SSSR count). The number of nitrogens with zero attached hydrogens (tertiary/aromatic N) is 2. The van der Waals surface area contributed by atoms with Crippen molar-refractivity contribution in [3.63, 3.8) is 0 Å². The van der Waals surface area contributed by atoms with Crippen LogP contribution in [0.15, 0.2) is 42.7 Å². The molecule has 2 aromatic rings. The van der Waals surface area contributed by atoms with Gasteiger partial charge in [0.1, 0.15) is 0 Å². The second-order valence-electron chi connectivity index (χ2n) is 5.61. The predicted octanol–water partition coefficient (Wildman–Crippen LogP) is 2.78. The maximum atomic E-state index is 13.8. The lowest BCUT2D eigenvalue weighted by atomic mass is 9.98. The molecule has 1 aliphatic rings. The van der Waals surface area contributed by atoms with Crippen LogP contribution in [0.25, 0.3) is 0 Å². The van der Waals surface area contributed by atoms with Crippen LogP contribution in [-0.2, 0) is 13.0 Å². The number of hydrogen-bond acceptors (Lipinski definition) is 3. The zero-order valence-corrected chi connectivity index (χ0v) is 11.9. The number of pyridine rings is 1. The van der Waals surface area contributed by atoms with Crippen LogP contribution in [0.2, 0.25) is 0 Å². The fourth-order valence-electron chi connectivity index (χ4n) is 2.96. The van der Waals surface area contributed by atoms with E-state index in [1.807, 2.05) is 12.1 Å². The monoisotopic (exact) mass is 286 g/mol. The van der Waals surface area contributed by atoms with E-state index in [2.05, 4.69) is 22.0 Å². The Morgan fingerprint density at radius 2 is 1.95 bits per heavy atom. The van der Waals surface area contributed by atoms with Crippen LogP contribution in [0.3, 0.4) is 0 Å². The van der Waals surface area contributed by atoms with Crippen LogP contribution < -0.4 is 4.90 Å². The first-order chi connectivity index (χ1) is 10.3. The highest BCUT2D eigenvalue weighted by atomic mass is 19.1. The first-order valence-corrected chi connectivity index (χ1v) is 7.29. The third-order valence-electron chi connectivity index (χ3n) is 4.11. The summed E-state index contributed by atoms with van der Waals surface area (Å²) in [7, 11) is 0. The van der Waals surface area contributed by atoms with Gasteiger partial charge in [0.25, 0.3) is 0 Å². The lowest BCUT2D eigenvalue weighted by molar-refractivity contribution is 0.282. The van der Waals surface area contributed by atoms with Crippen molar-refractivity contribution >= 4 is 5.69 Å². The highest BCUT2D eigenvalue weighted by Gasteiger charge is 2.24. The van der Waals surface area contributed by atoms with E-state index in [1.54, 1.807) is 12.3 Å². The van der Waals surface area contributed by atoms with Crippen LogP contribution in [-0.4, -0.2) is 23.2 Å². The van der Waals surface area contributed by atoms with Gasteiger partial charge in [-0.25, -0.2) is 4.39 Å². The average Bonchev–Trinajstić information content (AvgIpc) is 2.97. The Hall–Kier alpha value is -1.94. The lowest BCUT2D eigenvalue weighted by Gasteiger charge is -2.19. The maximum Gasteiger partial charge on any atom is 0.164 e. The summed E-state index contributed by atoms with van der Waals surface area (Å²) < 4.78 is 13.8. The predicted molar refractivity (Wildman–Crippen MR) is 80.6 cm³/mol. The van der Waals surface area contributed by atoms with Gasteiger partial charge in [0, 0.05) is 19.3 Å². The molecular weight excluding hydrogens is 267 g/mol. The number of aromatic nitrogens is 1. The zero-order chi connectivity index (χ0) is 14.7. The van der Waals surface area contributed by atoms with Gasteiger partial charge in [-0.1, -0.05) is 24.3 Å². The number of aliphatic hydroxyl groups excluding tert-OH is 1. The fourth-order valence-corrected chi connectivity index (χ4v) is 2.96. The van der Waals surface area contributed by atoms with Crippen molar-refractivity contribution in [1.29, 1.82) is 0 Å². The summed E-state index contributed by atoms with van der Waals surface area (Å²) in [4.78, 5) is 5.90. The number of hydrogen-bond donors (Lipinski definition) is 1. The SMILES string of the molecule is OCc1ccc(C[C@@H]2CCN(c3ccncc3F)C2)cc1. The van der Waals surface area contributed by atoms with E-state index in [0.29, 0.717) is 11.6 Å². The second kappa shape index (κ2) is 6.22. The lowest BCUT2D eigenvalue weighted by Crippen LogP contribution is -2.21. The van der Waals surface area contributed by atoms with Crippen LogP contribution in [0.1, 0.15) is 17.5 Å². The van der Waals surface area contributed by atoms with E-state index in [1.165, 1.54) is 11.8 Å². The molecule has 0 spiro atoms. The Labute approximate surface area is 124 Å². The normalized spacial score (nSPS) is 18.2. The molecule has 3 nitrogen and oxygen atoms in total. The fraction of sp³-hybridized carbons (Fsp3) is 0.353. The molecule has 1 aliphatic heterocycles. The Kier molecular flexibility index (Phi) is 4.15. The van der Waals surface area contributed by atoms with Gasteiger partial charge < -0.3 is 10.0 Å². The third-order valence-corrected chi connectivity index (χ3v) is 4.11. The topological polar surface area (TPSA) is 36.4 Å². The molecule has 0 radical (unpaired) electrons. The Morgan fingerprint density at radius 1 is 1.19 bits per heavy atom. The van der Waals surface area contributed by atoms with Crippen molar-refractivity contribution in [1.82, 2.24) is 4.98 Å². The van der Waals surface area contributed by atoms with Gasteiger partial charge in [0.2, 0.25) is 0 Å². The minimum absolute atomic E-state index is 0.0821. The van der Waals surface area contributed by atoms with Gasteiger partial charge in [0.05, 0.1) is 18.5 Å². The van der Waals surface area contributed by atoms with Gasteiger partial charge in [-0.15, -0.1) is 0 Å². The molecule has 1 aromatic heterocycles. The molecule has 21 heavy (non-hydrogen) atoms. The summed E-state index contributed by atoms with van der Waals surface area (Å²) in [6.07, 6.45) is 4.98. The molecule has 1 fully saturated rings.